The molecule has 0 saturated carbocycles. The minimum absolute atomic E-state index is 0.210. The van der Waals surface area contributed by atoms with Crippen LogP contribution in [-0.4, -0.2) is 25.1 Å². The number of nitrogens with zero attached hydrogens (tertiary/aromatic N) is 2. The van der Waals surface area contributed by atoms with E-state index in [1.54, 1.807) is 7.11 Å². The second kappa shape index (κ2) is 5.70. The molecule has 0 amide bonds. The summed E-state index contributed by atoms with van der Waals surface area (Å²) in [5.74, 6) is 1.10. The molecular weight excluding hydrogens is 212 g/mol. The third-order valence-corrected chi connectivity index (χ3v) is 3.25. The summed E-state index contributed by atoms with van der Waals surface area (Å²) in [6.07, 6.45) is 2.18. The lowest BCUT2D eigenvalue weighted by Gasteiger charge is -2.29. The first-order chi connectivity index (χ1) is 8.31. The van der Waals surface area contributed by atoms with Crippen LogP contribution in [0.25, 0.3) is 0 Å². The lowest BCUT2D eigenvalue weighted by molar-refractivity contribution is 0.192. The summed E-state index contributed by atoms with van der Waals surface area (Å²) in [7, 11) is 1.68. The molecule has 90 valence electrons. The van der Waals surface area contributed by atoms with Crippen molar-refractivity contribution >= 4 is 0 Å². The smallest absolute Gasteiger partial charge is 0.118 e. The van der Waals surface area contributed by atoms with Crippen LogP contribution in [0.15, 0.2) is 24.3 Å². The van der Waals surface area contributed by atoms with Crippen molar-refractivity contribution in [3.8, 4) is 11.8 Å². The maximum atomic E-state index is 8.95. The van der Waals surface area contributed by atoms with E-state index in [4.69, 9.17) is 10.00 Å². The SMILES string of the molecule is COc1ccc(CN2CCCC(C#N)C2)cc1. The van der Waals surface area contributed by atoms with Gasteiger partial charge in [-0.2, -0.15) is 5.26 Å². The van der Waals surface area contributed by atoms with Crippen molar-refractivity contribution in [1.82, 2.24) is 4.90 Å². The molecule has 1 heterocycles. The average Bonchev–Trinajstić information content (AvgIpc) is 2.40. The summed E-state index contributed by atoms with van der Waals surface area (Å²) in [6, 6.07) is 10.5. The molecule has 1 aromatic carbocycles. The molecule has 1 aliphatic rings. The molecule has 0 aromatic heterocycles. The van der Waals surface area contributed by atoms with E-state index in [0.717, 1.165) is 38.2 Å². The van der Waals surface area contributed by atoms with Crippen LogP contribution in [0, 0.1) is 17.2 Å². The Morgan fingerprint density at radius 2 is 2.18 bits per heavy atom. The number of likely N-dealkylation sites (tertiary alicyclic amines) is 1. The Kier molecular flexibility index (Phi) is 4.00. The van der Waals surface area contributed by atoms with Gasteiger partial charge in [-0.1, -0.05) is 12.1 Å². The van der Waals surface area contributed by atoms with Crippen LogP contribution >= 0.6 is 0 Å². The van der Waals surface area contributed by atoms with Crippen molar-refractivity contribution < 1.29 is 4.74 Å². The summed E-state index contributed by atoms with van der Waals surface area (Å²) in [5.41, 5.74) is 1.28. The van der Waals surface area contributed by atoms with E-state index >= 15 is 0 Å². The Morgan fingerprint density at radius 1 is 1.41 bits per heavy atom. The molecule has 1 unspecified atom stereocenters. The van der Waals surface area contributed by atoms with Crippen LogP contribution in [0.4, 0.5) is 0 Å². The number of hydrogen-bond donors (Lipinski definition) is 0. The van der Waals surface area contributed by atoms with Gasteiger partial charge in [-0.05, 0) is 37.1 Å². The Morgan fingerprint density at radius 3 is 2.82 bits per heavy atom. The number of piperidine rings is 1. The van der Waals surface area contributed by atoms with Crippen LogP contribution in [0.3, 0.4) is 0 Å². The number of rotatable bonds is 3. The molecule has 1 aromatic rings. The van der Waals surface area contributed by atoms with Gasteiger partial charge in [0.15, 0.2) is 0 Å². The fraction of sp³-hybridized carbons (Fsp3) is 0.500. The van der Waals surface area contributed by atoms with Gasteiger partial charge in [0, 0.05) is 13.1 Å². The van der Waals surface area contributed by atoms with E-state index < -0.39 is 0 Å². The maximum Gasteiger partial charge on any atom is 0.118 e. The molecule has 1 aliphatic heterocycles. The van der Waals surface area contributed by atoms with Gasteiger partial charge in [-0.15, -0.1) is 0 Å². The molecule has 0 aliphatic carbocycles. The van der Waals surface area contributed by atoms with Gasteiger partial charge in [-0.25, -0.2) is 0 Å². The number of benzene rings is 1. The molecule has 0 bridgehead atoms. The molecular formula is C14H18N2O. The molecule has 3 heteroatoms. The van der Waals surface area contributed by atoms with E-state index in [1.165, 1.54) is 5.56 Å². The van der Waals surface area contributed by atoms with Gasteiger partial charge in [0.05, 0.1) is 19.1 Å². The molecule has 1 atom stereocenters. The van der Waals surface area contributed by atoms with Crippen molar-refractivity contribution in [3.63, 3.8) is 0 Å². The molecule has 1 fully saturated rings. The first-order valence-electron chi connectivity index (χ1n) is 6.06. The Labute approximate surface area is 103 Å². The first-order valence-corrected chi connectivity index (χ1v) is 6.06. The lowest BCUT2D eigenvalue weighted by Crippen LogP contribution is -2.34. The predicted octanol–water partition coefficient (Wildman–Crippen LogP) is 2.43. The van der Waals surface area contributed by atoms with Crippen LogP contribution in [-0.2, 0) is 6.54 Å². The van der Waals surface area contributed by atoms with Gasteiger partial charge in [0.1, 0.15) is 5.75 Å². The quantitative estimate of drug-likeness (QED) is 0.800. The van der Waals surface area contributed by atoms with Crippen LogP contribution < -0.4 is 4.74 Å². The standard InChI is InChI=1S/C14H18N2O/c1-17-14-6-4-12(5-7-14)10-16-8-2-3-13(9-15)11-16/h4-7,13H,2-3,8,10-11H2,1H3. The van der Waals surface area contributed by atoms with Gasteiger partial charge < -0.3 is 4.74 Å². The average molecular weight is 230 g/mol. The molecule has 1 saturated heterocycles. The topological polar surface area (TPSA) is 36.3 Å². The molecule has 0 spiro atoms. The highest BCUT2D eigenvalue weighted by atomic mass is 16.5. The fourth-order valence-electron chi connectivity index (χ4n) is 2.29. The first kappa shape index (κ1) is 11.9. The van der Waals surface area contributed by atoms with E-state index in [-0.39, 0.29) is 5.92 Å². The summed E-state index contributed by atoms with van der Waals surface area (Å²) in [6.45, 7) is 2.94. The number of methoxy groups -OCH3 is 1. The number of ether oxygens (including phenoxy) is 1. The highest BCUT2D eigenvalue weighted by Gasteiger charge is 2.19. The summed E-state index contributed by atoms with van der Waals surface area (Å²) in [4.78, 5) is 2.36. The molecule has 3 nitrogen and oxygen atoms in total. The maximum absolute atomic E-state index is 8.95. The normalized spacial score (nSPS) is 20.8. The minimum Gasteiger partial charge on any atom is -0.497 e. The molecule has 2 rings (SSSR count). The van der Waals surface area contributed by atoms with E-state index in [2.05, 4.69) is 23.1 Å². The number of hydrogen-bond acceptors (Lipinski definition) is 3. The van der Waals surface area contributed by atoms with Crippen molar-refractivity contribution in [2.75, 3.05) is 20.2 Å². The van der Waals surface area contributed by atoms with E-state index in [0.29, 0.717) is 0 Å². The summed E-state index contributed by atoms with van der Waals surface area (Å²) in [5, 5.41) is 8.95. The van der Waals surface area contributed by atoms with Gasteiger partial charge >= 0.3 is 0 Å². The zero-order chi connectivity index (χ0) is 12.1. The second-order valence-electron chi connectivity index (χ2n) is 4.55. The monoisotopic (exact) mass is 230 g/mol. The largest absolute Gasteiger partial charge is 0.497 e. The Balaban J connectivity index is 1.93. The van der Waals surface area contributed by atoms with Gasteiger partial charge in [0.2, 0.25) is 0 Å². The zero-order valence-corrected chi connectivity index (χ0v) is 10.2. The zero-order valence-electron chi connectivity index (χ0n) is 10.2. The lowest BCUT2D eigenvalue weighted by atomic mass is 9.99. The Bertz CT molecular complexity index is 394. The number of nitriles is 1. The predicted molar refractivity (Wildman–Crippen MR) is 66.6 cm³/mol. The van der Waals surface area contributed by atoms with Gasteiger partial charge in [0.25, 0.3) is 0 Å². The Hall–Kier alpha value is -1.53. The van der Waals surface area contributed by atoms with E-state index in [1.807, 2.05) is 12.1 Å². The summed E-state index contributed by atoms with van der Waals surface area (Å²) < 4.78 is 5.14. The van der Waals surface area contributed by atoms with Crippen LogP contribution in [0.2, 0.25) is 0 Å². The summed E-state index contributed by atoms with van der Waals surface area (Å²) >= 11 is 0. The van der Waals surface area contributed by atoms with Crippen LogP contribution in [0.1, 0.15) is 18.4 Å². The van der Waals surface area contributed by atoms with E-state index in [9.17, 15) is 0 Å². The minimum atomic E-state index is 0.210. The third kappa shape index (κ3) is 3.21. The highest BCUT2D eigenvalue weighted by Crippen LogP contribution is 2.19. The molecule has 0 N–H and O–H groups in total. The third-order valence-electron chi connectivity index (χ3n) is 3.25. The molecule has 17 heavy (non-hydrogen) atoms. The van der Waals surface area contributed by atoms with Crippen molar-refractivity contribution in [2.45, 2.75) is 19.4 Å². The van der Waals surface area contributed by atoms with Crippen molar-refractivity contribution in [1.29, 1.82) is 5.26 Å². The second-order valence-corrected chi connectivity index (χ2v) is 4.55. The molecule has 0 radical (unpaired) electrons. The van der Waals surface area contributed by atoms with Crippen molar-refractivity contribution in [3.05, 3.63) is 29.8 Å². The fourth-order valence-corrected chi connectivity index (χ4v) is 2.29. The van der Waals surface area contributed by atoms with Crippen molar-refractivity contribution in [2.24, 2.45) is 5.92 Å². The highest BCUT2D eigenvalue weighted by molar-refractivity contribution is 5.27. The van der Waals surface area contributed by atoms with Crippen LogP contribution in [0.5, 0.6) is 5.75 Å². The van der Waals surface area contributed by atoms with Gasteiger partial charge in [-0.3, -0.25) is 4.90 Å².